The molecule has 0 bridgehead atoms. The average molecular weight is 281 g/mol. The lowest BCUT2D eigenvalue weighted by Gasteiger charge is -2.09. The molecule has 2 aromatic rings. The molecule has 0 saturated carbocycles. The first-order valence-corrected chi connectivity index (χ1v) is 6.95. The fraction of sp³-hybridized carbons (Fsp3) is 0.0769. The first-order valence-electron chi connectivity index (χ1n) is 5.46. The molecule has 0 radical (unpaired) electrons. The molecule has 6 heteroatoms. The van der Waals surface area contributed by atoms with Crippen molar-refractivity contribution < 1.29 is 17.9 Å². The Morgan fingerprint density at radius 3 is 2.53 bits per heavy atom. The third-order valence-electron chi connectivity index (χ3n) is 2.50. The van der Waals surface area contributed by atoms with Crippen molar-refractivity contribution in [2.45, 2.75) is 11.8 Å². The molecule has 0 unspecified atom stereocenters. The van der Waals surface area contributed by atoms with E-state index in [9.17, 15) is 12.8 Å². The van der Waals surface area contributed by atoms with Crippen LogP contribution in [-0.4, -0.2) is 13.5 Å². The second-order valence-corrected chi connectivity index (χ2v) is 5.77. The summed E-state index contributed by atoms with van der Waals surface area (Å²) in [7, 11) is -3.76. The molecule has 2 rings (SSSR count). The highest BCUT2D eigenvalue weighted by Gasteiger charge is 2.14. The standard InChI is InChI=1S/C13H12FNO3S/c1-9-3-2-4-11(7-9)19(17,18)15-10-5-6-13(16)12(14)8-10/h2-8,15-16H,1H3. The van der Waals surface area contributed by atoms with Crippen LogP contribution < -0.4 is 4.72 Å². The Bertz CT molecular complexity index is 714. The Hall–Kier alpha value is -2.08. The molecule has 0 aliphatic heterocycles. The summed E-state index contributed by atoms with van der Waals surface area (Å²) in [5.41, 5.74) is 0.858. The van der Waals surface area contributed by atoms with E-state index in [1.807, 2.05) is 0 Å². The number of phenolic OH excluding ortho intramolecular Hbond substituents is 1. The summed E-state index contributed by atoms with van der Waals surface area (Å²) in [6.45, 7) is 1.78. The van der Waals surface area contributed by atoms with Gasteiger partial charge in [0.2, 0.25) is 0 Å². The van der Waals surface area contributed by atoms with Gasteiger partial charge in [0, 0.05) is 6.07 Å². The minimum atomic E-state index is -3.76. The van der Waals surface area contributed by atoms with Gasteiger partial charge in [-0.25, -0.2) is 12.8 Å². The van der Waals surface area contributed by atoms with Gasteiger partial charge in [-0.3, -0.25) is 4.72 Å². The topological polar surface area (TPSA) is 66.4 Å². The number of benzene rings is 2. The van der Waals surface area contributed by atoms with Gasteiger partial charge in [0.25, 0.3) is 10.0 Å². The van der Waals surface area contributed by atoms with Gasteiger partial charge < -0.3 is 5.11 Å². The Kier molecular flexibility index (Phi) is 3.44. The van der Waals surface area contributed by atoms with Crippen LogP contribution in [0.3, 0.4) is 0 Å². The maximum Gasteiger partial charge on any atom is 0.261 e. The van der Waals surface area contributed by atoms with Gasteiger partial charge in [0.1, 0.15) is 0 Å². The lowest BCUT2D eigenvalue weighted by atomic mass is 10.2. The van der Waals surface area contributed by atoms with Gasteiger partial charge in [-0.1, -0.05) is 12.1 Å². The number of aromatic hydroxyl groups is 1. The molecule has 100 valence electrons. The second-order valence-electron chi connectivity index (χ2n) is 4.09. The van der Waals surface area contributed by atoms with Crippen LogP contribution >= 0.6 is 0 Å². The van der Waals surface area contributed by atoms with Crippen molar-refractivity contribution >= 4 is 15.7 Å². The Balaban J connectivity index is 2.33. The number of nitrogens with one attached hydrogen (secondary N) is 1. The predicted octanol–water partition coefficient (Wildman–Crippen LogP) is 2.64. The van der Waals surface area contributed by atoms with E-state index in [0.29, 0.717) is 0 Å². The van der Waals surface area contributed by atoms with Gasteiger partial charge in [-0.2, -0.15) is 0 Å². The first kappa shape index (κ1) is 13.4. The summed E-state index contributed by atoms with van der Waals surface area (Å²) in [4.78, 5) is 0.0981. The average Bonchev–Trinajstić information content (AvgIpc) is 2.33. The third-order valence-corrected chi connectivity index (χ3v) is 3.88. The van der Waals surface area contributed by atoms with Crippen molar-refractivity contribution in [3.05, 3.63) is 53.8 Å². The summed E-state index contributed by atoms with van der Waals surface area (Å²) >= 11 is 0. The summed E-state index contributed by atoms with van der Waals surface area (Å²) < 4.78 is 39.5. The number of rotatable bonds is 3. The van der Waals surface area contributed by atoms with Crippen molar-refractivity contribution in [1.29, 1.82) is 0 Å². The molecule has 0 aliphatic carbocycles. The van der Waals surface area contributed by atoms with Crippen LogP contribution in [0.4, 0.5) is 10.1 Å². The fourth-order valence-corrected chi connectivity index (χ4v) is 2.72. The Morgan fingerprint density at radius 1 is 1.16 bits per heavy atom. The molecule has 0 spiro atoms. The van der Waals surface area contributed by atoms with Crippen molar-refractivity contribution in [1.82, 2.24) is 0 Å². The van der Waals surface area contributed by atoms with Crippen LogP contribution in [0.5, 0.6) is 5.75 Å². The fourth-order valence-electron chi connectivity index (χ4n) is 1.57. The largest absolute Gasteiger partial charge is 0.505 e. The number of anilines is 1. The number of sulfonamides is 1. The quantitative estimate of drug-likeness (QED) is 0.850. The van der Waals surface area contributed by atoms with Crippen molar-refractivity contribution in [2.75, 3.05) is 4.72 Å². The van der Waals surface area contributed by atoms with Crippen LogP contribution in [-0.2, 0) is 10.0 Å². The van der Waals surface area contributed by atoms with E-state index >= 15 is 0 Å². The lowest BCUT2D eigenvalue weighted by molar-refractivity contribution is 0.432. The molecular formula is C13H12FNO3S. The van der Waals surface area contributed by atoms with E-state index in [4.69, 9.17) is 5.11 Å². The number of halogens is 1. The highest BCUT2D eigenvalue weighted by atomic mass is 32.2. The van der Waals surface area contributed by atoms with Gasteiger partial charge >= 0.3 is 0 Å². The summed E-state index contributed by atoms with van der Waals surface area (Å²) in [5.74, 6) is -1.41. The van der Waals surface area contributed by atoms with E-state index < -0.39 is 21.6 Å². The minimum Gasteiger partial charge on any atom is -0.505 e. The van der Waals surface area contributed by atoms with Crippen molar-refractivity contribution in [2.24, 2.45) is 0 Å². The smallest absolute Gasteiger partial charge is 0.261 e. The Morgan fingerprint density at radius 2 is 1.89 bits per heavy atom. The van der Waals surface area contributed by atoms with E-state index in [1.54, 1.807) is 19.1 Å². The summed E-state index contributed by atoms with van der Waals surface area (Å²) in [6, 6.07) is 9.66. The zero-order valence-electron chi connectivity index (χ0n) is 10.1. The number of phenols is 1. The second kappa shape index (κ2) is 4.89. The van der Waals surface area contributed by atoms with Crippen LogP contribution in [0.2, 0.25) is 0 Å². The van der Waals surface area contributed by atoms with Crippen LogP contribution in [0, 0.1) is 12.7 Å². The Labute approximate surface area is 110 Å². The normalized spacial score (nSPS) is 11.3. The van der Waals surface area contributed by atoms with Gasteiger partial charge in [0.15, 0.2) is 11.6 Å². The molecule has 19 heavy (non-hydrogen) atoms. The maximum atomic E-state index is 13.1. The third kappa shape index (κ3) is 3.03. The lowest BCUT2D eigenvalue weighted by Crippen LogP contribution is -2.13. The number of hydrogen-bond donors (Lipinski definition) is 2. The van der Waals surface area contributed by atoms with Crippen molar-refractivity contribution in [3.8, 4) is 5.75 Å². The maximum absolute atomic E-state index is 13.1. The van der Waals surface area contributed by atoms with E-state index in [1.165, 1.54) is 18.2 Å². The molecule has 4 nitrogen and oxygen atoms in total. The number of hydrogen-bond acceptors (Lipinski definition) is 3. The van der Waals surface area contributed by atoms with Crippen LogP contribution in [0.25, 0.3) is 0 Å². The van der Waals surface area contributed by atoms with E-state index in [2.05, 4.69) is 4.72 Å². The van der Waals surface area contributed by atoms with Crippen LogP contribution in [0.15, 0.2) is 47.4 Å². The monoisotopic (exact) mass is 281 g/mol. The zero-order valence-corrected chi connectivity index (χ0v) is 10.9. The minimum absolute atomic E-state index is 0.0526. The first-order chi connectivity index (χ1) is 8.88. The molecule has 0 heterocycles. The highest BCUT2D eigenvalue weighted by Crippen LogP contribution is 2.22. The SMILES string of the molecule is Cc1cccc(S(=O)(=O)Nc2ccc(O)c(F)c2)c1. The summed E-state index contributed by atoms with van der Waals surface area (Å²) in [5, 5.41) is 9.04. The molecule has 2 aromatic carbocycles. The molecule has 0 aliphatic rings. The molecular weight excluding hydrogens is 269 g/mol. The molecule has 0 saturated heterocycles. The van der Waals surface area contributed by atoms with Gasteiger partial charge in [-0.05, 0) is 36.8 Å². The predicted molar refractivity (Wildman–Crippen MR) is 70.1 cm³/mol. The van der Waals surface area contributed by atoms with Crippen molar-refractivity contribution in [3.63, 3.8) is 0 Å². The van der Waals surface area contributed by atoms with E-state index in [0.717, 1.165) is 17.7 Å². The molecule has 0 amide bonds. The molecule has 0 aromatic heterocycles. The summed E-state index contributed by atoms with van der Waals surface area (Å²) in [6.07, 6.45) is 0. The highest BCUT2D eigenvalue weighted by molar-refractivity contribution is 7.92. The number of aryl methyl sites for hydroxylation is 1. The molecule has 2 N–H and O–H groups in total. The van der Waals surface area contributed by atoms with Gasteiger partial charge in [0.05, 0.1) is 10.6 Å². The zero-order chi connectivity index (χ0) is 14.0. The molecule has 0 atom stereocenters. The van der Waals surface area contributed by atoms with Gasteiger partial charge in [-0.15, -0.1) is 0 Å². The molecule has 0 fully saturated rings. The van der Waals surface area contributed by atoms with E-state index in [-0.39, 0.29) is 10.6 Å². The van der Waals surface area contributed by atoms with Crippen LogP contribution in [0.1, 0.15) is 5.56 Å².